The van der Waals surface area contributed by atoms with E-state index >= 15 is 0 Å². The number of hydrogen-bond donors (Lipinski definition) is 3. The van der Waals surface area contributed by atoms with Gasteiger partial charge in [-0.3, -0.25) is 18.8 Å². The maximum absolute atomic E-state index is 13.2. The van der Waals surface area contributed by atoms with Crippen molar-refractivity contribution >= 4 is 28.8 Å². The van der Waals surface area contributed by atoms with Gasteiger partial charge in [-0.25, -0.2) is 9.37 Å². The first kappa shape index (κ1) is 22.8. The summed E-state index contributed by atoms with van der Waals surface area (Å²) in [5.74, 6) is -2.12. The van der Waals surface area contributed by atoms with E-state index < -0.39 is 28.7 Å². The molecule has 2 aliphatic rings. The van der Waals surface area contributed by atoms with Crippen LogP contribution >= 0.6 is 0 Å². The Hall–Kier alpha value is -3.99. The van der Waals surface area contributed by atoms with Gasteiger partial charge >= 0.3 is 5.56 Å². The molecule has 3 aromatic rings. The molecule has 0 radical (unpaired) electrons. The number of hydrogen-bond acceptors (Lipinski definition) is 7. The minimum absolute atomic E-state index is 0.0522. The zero-order chi connectivity index (χ0) is 24.5. The van der Waals surface area contributed by atoms with Crippen LogP contribution in [0.25, 0.3) is 5.65 Å². The van der Waals surface area contributed by atoms with Crippen molar-refractivity contribution in [2.45, 2.75) is 19.4 Å². The van der Waals surface area contributed by atoms with E-state index in [1.54, 1.807) is 11.1 Å². The minimum Gasteiger partial charge on any atom is -0.501 e. The molecule has 182 valence electrons. The number of rotatable bonds is 5. The Labute approximate surface area is 200 Å². The third-order valence-corrected chi connectivity index (χ3v) is 6.30. The summed E-state index contributed by atoms with van der Waals surface area (Å²) in [6.45, 7) is 2.78. The molecule has 0 bridgehead atoms. The highest BCUT2D eigenvalue weighted by Crippen LogP contribution is 2.30. The van der Waals surface area contributed by atoms with Gasteiger partial charge in [0.15, 0.2) is 11.3 Å². The van der Waals surface area contributed by atoms with Gasteiger partial charge in [-0.2, -0.15) is 0 Å². The van der Waals surface area contributed by atoms with Gasteiger partial charge in [-0.15, -0.1) is 0 Å². The molecule has 1 aromatic carbocycles. The normalized spacial score (nSPS) is 16.2. The molecule has 11 heteroatoms. The highest BCUT2D eigenvalue weighted by molar-refractivity contribution is 6.00. The number of carbonyl (C=O) groups is 2. The van der Waals surface area contributed by atoms with Crippen LogP contribution in [-0.2, 0) is 11.3 Å². The number of halogens is 1. The van der Waals surface area contributed by atoms with Crippen molar-refractivity contribution in [1.29, 1.82) is 0 Å². The van der Waals surface area contributed by atoms with Crippen LogP contribution in [0, 0.1) is 5.82 Å². The zero-order valence-electron chi connectivity index (χ0n) is 19.0. The molecule has 0 saturated carbocycles. The van der Waals surface area contributed by atoms with Gasteiger partial charge < -0.3 is 25.5 Å². The van der Waals surface area contributed by atoms with E-state index in [1.165, 1.54) is 28.7 Å². The van der Waals surface area contributed by atoms with Crippen LogP contribution in [0.1, 0.15) is 28.9 Å². The summed E-state index contributed by atoms with van der Waals surface area (Å²) < 4.78 is 14.3. The number of nitrogens with zero attached hydrogens (tertiary/aromatic N) is 4. The summed E-state index contributed by atoms with van der Waals surface area (Å²) in [7, 11) is 0. The fraction of sp³-hybridized carbons (Fsp3) is 0.333. The number of aromatic hydroxyl groups is 1. The maximum Gasteiger partial charge on any atom is 0.301 e. The smallest absolute Gasteiger partial charge is 0.301 e. The van der Waals surface area contributed by atoms with Crippen molar-refractivity contribution in [1.82, 2.24) is 20.0 Å². The van der Waals surface area contributed by atoms with Crippen molar-refractivity contribution in [3.63, 3.8) is 0 Å². The van der Waals surface area contributed by atoms with Crippen LogP contribution in [0.15, 0.2) is 41.3 Å². The Bertz CT molecular complexity index is 1350. The minimum atomic E-state index is -0.799. The summed E-state index contributed by atoms with van der Waals surface area (Å²) in [6, 6.07) is 7.40. The van der Waals surface area contributed by atoms with Crippen LogP contribution < -0.4 is 26.0 Å². The molecule has 10 nitrogen and oxygen atoms in total. The van der Waals surface area contributed by atoms with Gasteiger partial charge in [0.25, 0.3) is 5.91 Å². The number of benzene rings is 1. The van der Waals surface area contributed by atoms with Crippen LogP contribution in [0.3, 0.4) is 0 Å². The Morgan fingerprint density at radius 3 is 2.60 bits per heavy atom. The van der Waals surface area contributed by atoms with E-state index in [0.717, 1.165) is 31.6 Å². The molecule has 3 N–H and O–H groups in total. The first-order chi connectivity index (χ1) is 16.9. The summed E-state index contributed by atoms with van der Waals surface area (Å²) in [5, 5.41) is 16.2. The quantitative estimate of drug-likeness (QED) is 0.499. The Morgan fingerprint density at radius 2 is 1.89 bits per heavy atom. The van der Waals surface area contributed by atoms with Crippen molar-refractivity contribution in [2.75, 3.05) is 42.5 Å². The fourth-order valence-corrected chi connectivity index (χ4v) is 4.43. The van der Waals surface area contributed by atoms with Gasteiger partial charge in [-0.05, 0) is 36.6 Å². The van der Waals surface area contributed by atoms with Crippen molar-refractivity contribution < 1.29 is 19.1 Å². The standard InChI is InChI=1S/C24H25FN6O4/c25-16-5-3-15(4-6-16)12-27-23(34)20-21(33)24(35)31-14-17(29-8-1-2-9-29)11-18(22(31)28-20)30-10-7-26-13-19(30)32/h3-6,11,14,26,33H,1-2,7-10,12-13H2,(H,27,34). The molecule has 2 aliphatic heterocycles. The molecule has 2 fully saturated rings. The number of amides is 2. The second kappa shape index (κ2) is 9.34. The number of carbonyl (C=O) groups excluding carboxylic acids is 2. The molecule has 0 atom stereocenters. The van der Waals surface area contributed by atoms with Gasteiger partial charge in [0.1, 0.15) is 5.82 Å². The van der Waals surface area contributed by atoms with E-state index in [9.17, 15) is 23.9 Å². The molecule has 5 rings (SSSR count). The highest BCUT2D eigenvalue weighted by atomic mass is 19.1. The SMILES string of the molecule is O=C(NCc1ccc(F)cc1)c1nc2c(N3CCNCC3=O)cc(N3CCCC3)cn2c(=O)c1O. The third-order valence-electron chi connectivity index (χ3n) is 6.30. The predicted molar refractivity (Wildman–Crippen MR) is 127 cm³/mol. The van der Waals surface area contributed by atoms with Gasteiger partial charge in [-0.1, -0.05) is 12.1 Å². The Morgan fingerprint density at radius 1 is 1.14 bits per heavy atom. The summed E-state index contributed by atoms with van der Waals surface area (Å²) in [5.41, 5.74) is 0.664. The number of aromatic nitrogens is 2. The Balaban J connectivity index is 1.57. The zero-order valence-corrected chi connectivity index (χ0v) is 19.0. The molecule has 0 aliphatic carbocycles. The van der Waals surface area contributed by atoms with Crippen molar-refractivity contribution in [2.24, 2.45) is 0 Å². The molecule has 2 saturated heterocycles. The van der Waals surface area contributed by atoms with Crippen LogP contribution in [0.2, 0.25) is 0 Å². The lowest BCUT2D eigenvalue weighted by molar-refractivity contribution is -0.118. The highest BCUT2D eigenvalue weighted by Gasteiger charge is 2.27. The van der Waals surface area contributed by atoms with E-state index in [0.29, 0.717) is 24.3 Å². The van der Waals surface area contributed by atoms with Crippen LogP contribution in [-0.4, -0.2) is 59.0 Å². The number of anilines is 2. The van der Waals surface area contributed by atoms with Crippen molar-refractivity contribution in [3.8, 4) is 5.75 Å². The molecule has 0 spiro atoms. The van der Waals surface area contributed by atoms with E-state index in [-0.39, 0.29) is 24.6 Å². The first-order valence-electron chi connectivity index (χ1n) is 11.5. The molecule has 2 amide bonds. The second-order valence-corrected chi connectivity index (χ2v) is 8.62. The molecular formula is C24H25FN6O4. The summed E-state index contributed by atoms with van der Waals surface area (Å²) in [6.07, 6.45) is 3.63. The van der Waals surface area contributed by atoms with E-state index in [1.807, 2.05) is 6.07 Å². The lowest BCUT2D eigenvalue weighted by atomic mass is 10.2. The molecular weight excluding hydrogens is 455 g/mol. The van der Waals surface area contributed by atoms with E-state index in [2.05, 4.69) is 20.5 Å². The summed E-state index contributed by atoms with van der Waals surface area (Å²) in [4.78, 5) is 46.8. The fourth-order valence-electron chi connectivity index (χ4n) is 4.43. The van der Waals surface area contributed by atoms with Crippen molar-refractivity contribution in [3.05, 3.63) is 64.0 Å². The predicted octanol–water partition coefficient (Wildman–Crippen LogP) is 1.01. The van der Waals surface area contributed by atoms with Gasteiger partial charge in [0.2, 0.25) is 11.7 Å². The molecule has 2 aromatic heterocycles. The second-order valence-electron chi connectivity index (χ2n) is 8.62. The topological polar surface area (TPSA) is 119 Å². The molecule has 4 heterocycles. The van der Waals surface area contributed by atoms with Crippen LogP contribution in [0.4, 0.5) is 15.8 Å². The average Bonchev–Trinajstić information content (AvgIpc) is 3.41. The third kappa shape index (κ3) is 4.42. The number of pyridine rings is 1. The first-order valence-corrected chi connectivity index (χ1v) is 11.5. The lowest BCUT2D eigenvalue weighted by Crippen LogP contribution is -2.48. The Kier molecular flexibility index (Phi) is 6.08. The maximum atomic E-state index is 13.2. The number of fused-ring (bicyclic) bond motifs is 1. The average molecular weight is 481 g/mol. The summed E-state index contributed by atoms with van der Waals surface area (Å²) >= 11 is 0. The molecule has 35 heavy (non-hydrogen) atoms. The van der Waals surface area contributed by atoms with E-state index in [4.69, 9.17) is 0 Å². The monoisotopic (exact) mass is 480 g/mol. The molecule has 0 unspecified atom stereocenters. The lowest BCUT2D eigenvalue weighted by Gasteiger charge is -2.29. The van der Waals surface area contributed by atoms with Gasteiger partial charge in [0, 0.05) is 38.9 Å². The van der Waals surface area contributed by atoms with Gasteiger partial charge in [0.05, 0.1) is 17.9 Å². The largest absolute Gasteiger partial charge is 0.501 e. The van der Waals surface area contributed by atoms with Crippen LogP contribution in [0.5, 0.6) is 5.75 Å². The number of nitrogens with one attached hydrogen (secondary N) is 2. The number of piperazine rings is 1.